The van der Waals surface area contributed by atoms with Crippen molar-refractivity contribution in [3.63, 3.8) is 0 Å². The summed E-state index contributed by atoms with van der Waals surface area (Å²) in [5.41, 5.74) is 1.78. The molecule has 8 nitrogen and oxygen atoms in total. The highest BCUT2D eigenvalue weighted by atomic mass is 19.1. The molecule has 2 aliphatic rings. The van der Waals surface area contributed by atoms with Crippen LogP contribution in [0.4, 0.5) is 15.8 Å². The fraction of sp³-hybridized carbons (Fsp3) is 0.0303. The van der Waals surface area contributed by atoms with Crippen molar-refractivity contribution in [1.82, 2.24) is 0 Å². The van der Waals surface area contributed by atoms with Gasteiger partial charge in [-0.3, -0.25) is 19.2 Å². The first-order valence-electron chi connectivity index (χ1n) is 12.9. The lowest BCUT2D eigenvalue weighted by Crippen LogP contribution is -2.29. The molecule has 0 bridgehead atoms. The normalized spacial score (nSPS) is 14.4. The van der Waals surface area contributed by atoms with E-state index >= 15 is 4.39 Å². The minimum Gasteiger partial charge on any atom is -0.457 e. The number of alkyl halides is 1. The number of amides is 4. The Kier molecular flexibility index (Phi) is 6.90. The highest BCUT2D eigenvalue weighted by molar-refractivity contribution is 6.28. The number of hydrogen-bond acceptors (Lipinski definition) is 6. The number of hydrogen-bond donors (Lipinski definition) is 0. The number of carbonyl (C=O) groups is 4. The molecule has 206 valence electrons. The van der Waals surface area contributed by atoms with Gasteiger partial charge in [0.2, 0.25) is 0 Å². The van der Waals surface area contributed by atoms with Gasteiger partial charge in [0.15, 0.2) is 6.17 Å². The largest absolute Gasteiger partial charge is 0.457 e. The fourth-order valence-corrected chi connectivity index (χ4v) is 4.51. The Morgan fingerprint density at radius 1 is 0.429 bits per heavy atom. The summed E-state index contributed by atoms with van der Waals surface area (Å²) in [5, 5.41) is 0. The molecule has 0 saturated heterocycles. The van der Waals surface area contributed by atoms with Crippen molar-refractivity contribution in [2.24, 2.45) is 0 Å². The Balaban J connectivity index is 1.05. The molecule has 0 spiro atoms. The van der Waals surface area contributed by atoms with E-state index < -0.39 is 29.8 Å². The van der Waals surface area contributed by atoms with Crippen molar-refractivity contribution < 1.29 is 33.0 Å². The van der Waals surface area contributed by atoms with E-state index in [0.717, 1.165) is 9.80 Å². The maximum absolute atomic E-state index is 15.3. The molecular weight excluding hydrogens is 539 g/mol. The van der Waals surface area contributed by atoms with Gasteiger partial charge in [-0.05, 0) is 83.9 Å². The number of benzene rings is 4. The number of nitrogens with zero attached hydrogens (tertiary/aromatic N) is 2. The molecule has 0 N–H and O–H groups in total. The van der Waals surface area contributed by atoms with Crippen LogP contribution in [0, 0.1) is 0 Å². The van der Waals surface area contributed by atoms with E-state index in [-0.39, 0.29) is 0 Å². The van der Waals surface area contributed by atoms with Crippen molar-refractivity contribution in [2.45, 2.75) is 6.17 Å². The van der Waals surface area contributed by atoms with Crippen LogP contribution in [0.25, 0.3) is 0 Å². The lowest BCUT2D eigenvalue weighted by Gasteiger charge is -2.15. The molecule has 4 aromatic rings. The fourth-order valence-electron chi connectivity index (χ4n) is 4.51. The quantitative estimate of drug-likeness (QED) is 0.239. The highest BCUT2D eigenvalue weighted by Crippen LogP contribution is 2.32. The SMILES string of the molecule is O=C1C=CC(=O)N1c1ccc(Oc2ccc(C(F)c3ccc(Oc4ccc(N5C(=O)C=CC5=O)cc4)cc3)cc2)cc1. The van der Waals surface area contributed by atoms with Crippen molar-refractivity contribution >= 4 is 35.0 Å². The summed E-state index contributed by atoms with van der Waals surface area (Å²) in [6.45, 7) is 0. The maximum atomic E-state index is 15.3. The van der Waals surface area contributed by atoms with Gasteiger partial charge in [-0.25, -0.2) is 14.2 Å². The topological polar surface area (TPSA) is 93.2 Å². The first kappa shape index (κ1) is 26.4. The smallest absolute Gasteiger partial charge is 0.258 e. The monoisotopic (exact) mass is 560 g/mol. The predicted octanol–water partition coefficient (Wildman–Crippen LogP) is 6.19. The first-order chi connectivity index (χ1) is 20.4. The van der Waals surface area contributed by atoms with Crippen molar-refractivity contribution in [3.05, 3.63) is 132 Å². The molecule has 2 aliphatic heterocycles. The minimum absolute atomic E-state index is 0.396. The van der Waals surface area contributed by atoms with E-state index in [2.05, 4.69) is 0 Å². The zero-order valence-corrected chi connectivity index (χ0v) is 21.8. The number of halogens is 1. The number of carbonyl (C=O) groups excluding carboxylic acids is 4. The average molecular weight is 561 g/mol. The third-order valence-electron chi connectivity index (χ3n) is 6.63. The summed E-state index contributed by atoms with van der Waals surface area (Å²) in [6.07, 6.45) is 3.51. The van der Waals surface area contributed by atoms with Crippen LogP contribution in [-0.4, -0.2) is 23.6 Å². The molecule has 0 radical (unpaired) electrons. The van der Waals surface area contributed by atoms with Crippen LogP contribution in [0.2, 0.25) is 0 Å². The van der Waals surface area contributed by atoms with Gasteiger partial charge in [0, 0.05) is 24.3 Å². The second-order valence-corrected chi connectivity index (χ2v) is 9.38. The Morgan fingerprint density at radius 2 is 0.690 bits per heavy atom. The number of imide groups is 2. The molecule has 4 aromatic carbocycles. The number of rotatable bonds is 8. The third kappa shape index (κ3) is 5.31. The number of ether oxygens (including phenoxy) is 2. The van der Waals surface area contributed by atoms with Gasteiger partial charge >= 0.3 is 0 Å². The third-order valence-corrected chi connectivity index (χ3v) is 6.63. The Labute approximate surface area is 239 Å². The van der Waals surface area contributed by atoms with Gasteiger partial charge in [0.1, 0.15) is 23.0 Å². The van der Waals surface area contributed by atoms with E-state index in [9.17, 15) is 19.2 Å². The van der Waals surface area contributed by atoms with Gasteiger partial charge in [-0.1, -0.05) is 24.3 Å². The molecule has 0 fully saturated rings. The summed E-state index contributed by atoms with van der Waals surface area (Å²) in [7, 11) is 0. The zero-order chi connectivity index (χ0) is 29.2. The second-order valence-electron chi connectivity index (χ2n) is 9.38. The molecule has 0 unspecified atom stereocenters. The van der Waals surface area contributed by atoms with E-state index in [1.54, 1.807) is 97.1 Å². The minimum atomic E-state index is -1.38. The Morgan fingerprint density at radius 3 is 0.976 bits per heavy atom. The van der Waals surface area contributed by atoms with Crippen LogP contribution in [0.1, 0.15) is 17.3 Å². The van der Waals surface area contributed by atoms with E-state index in [1.165, 1.54) is 24.3 Å². The van der Waals surface area contributed by atoms with Crippen molar-refractivity contribution in [1.29, 1.82) is 0 Å². The molecule has 9 heteroatoms. The molecule has 42 heavy (non-hydrogen) atoms. The molecule has 6 rings (SSSR count). The Bertz CT molecular complexity index is 1580. The molecular formula is C33H21FN2O6. The number of anilines is 2. The van der Waals surface area contributed by atoms with Crippen LogP contribution in [0.5, 0.6) is 23.0 Å². The van der Waals surface area contributed by atoms with Gasteiger partial charge in [-0.15, -0.1) is 0 Å². The van der Waals surface area contributed by atoms with Crippen LogP contribution in [-0.2, 0) is 19.2 Å². The Hall–Kier alpha value is -5.83. The van der Waals surface area contributed by atoms with Gasteiger partial charge in [-0.2, -0.15) is 0 Å². The molecule has 0 aliphatic carbocycles. The highest BCUT2D eigenvalue weighted by Gasteiger charge is 2.26. The lowest BCUT2D eigenvalue weighted by molar-refractivity contribution is -0.121. The summed E-state index contributed by atoms with van der Waals surface area (Å²) in [6, 6.07) is 26.2. The predicted molar refractivity (Wildman–Crippen MR) is 152 cm³/mol. The summed E-state index contributed by atoms with van der Waals surface area (Å²) in [4.78, 5) is 49.5. The van der Waals surface area contributed by atoms with E-state index in [4.69, 9.17) is 9.47 Å². The summed E-state index contributed by atoms with van der Waals surface area (Å²) in [5.74, 6) is 0.404. The molecule has 4 amide bonds. The van der Waals surface area contributed by atoms with Crippen molar-refractivity contribution in [3.8, 4) is 23.0 Å². The molecule has 0 saturated carbocycles. The van der Waals surface area contributed by atoms with Crippen LogP contribution in [0.15, 0.2) is 121 Å². The standard InChI is InChI=1S/C33H21FN2O6/c34-33(21-1-9-25(10-2-21)41-27-13-5-23(6-14-27)35-29(37)17-18-30(35)38)22-3-11-26(12-4-22)42-28-15-7-24(8-16-28)36-31(39)19-20-32(36)40/h1-20,33H. The first-order valence-corrected chi connectivity index (χ1v) is 12.9. The molecule has 0 atom stereocenters. The van der Waals surface area contributed by atoms with Gasteiger partial charge in [0.25, 0.3) is 23.6 Å². The van der Waals surface area contributed by atoms with Crippen LogP contribution >= 0.6 is 0 Å². The van der Waals surface area contributed by atoms with Gasteiger partial charge < -0.3 is 9.47 Å². The summed E-state index contributed by atoms with van der Waals surface area (Å²) < 4.78 is 26.9. The van der Waals surface area contributed by atoms with Crippen LogP contribution in [0.3, 0.4) is 0 Å². The van der Waals surface area contributed by atoms with Crippen molar-refractivity contribution in [2.75, 3.05) is 9.80 Å². The lowest BCUT2D eigenvalue weighted by atomic mass is 10.0. The molecule has 0 aromatic heterocycles. The van der Waals surface area contributed by atoms with E-state index in [1.807, 2.05) is 0 Å². The van der Waals surface area contributed by atoms with Gasteiger partial charge in [0.05, 0.1) is 11.4 Å². The van der Waals surface area contributed by atoms with E-state index in [0.29, 0.717) is 45.5 Å². The average Bonchev–Trinajstić information content (AvgIpc) is 3.53. The maximum Gasteiger partial charge on any atom is 0.258 e. The molecule has 2 heterocycles. The summed E-state index contributed by atoms with van der Waals surface area (Å²) >= 11 is 0. The second kappa shape index (κ2) is 11.0. The van der Waals surface area contributed by atoms with Crippen LogP contribution < -0.4 is 19.3 Å². The zero-order valence-electron chi connectivity index (χ0n) is 21.8.